The normalized spacial score (nSPS) is 15.1. The Morgan fingerprint density at radius 2 is 1.73 bits per heavy atom. The molecule has 0 bridgehead atoms. The molecule has 3 rings (SSSR count). The summed E-state index contributed by atoms with van der Waals surface area (Å²) >= 11 is 0. The third kappa shape index (κ3) is 11.7. The molecule has 224 valence electrons. The van der Waals surface area contributed by atoms with E-state index in [0.717, 1.165) is 37.4 Å². The van der Waals surface area contributed by atoms with Gasteiger partial charge in [-0.25, -0.2) is 8.78 Å². The molecule has 1 aliphatic heterocycles. The fraction of sp³-hybridized carbons (Fsp3) is 0.517. The van der Waals surface area contributed by atoms with Crippen LogP contribution < -0.4 is 10.6 Å². The highest BCUT2D eigenvalue weighted by Gasteiger charge is 2.27. The zero-order valence-electron chi connectivity index (χ0n) is 23.2. The Balaban J connectivity index is 0.00000400. The van der Waals surface area contributed by atoms with E-state index in [9.17, 15) is 23.5 Å². The number of amides is 2. The molecule has 40 heavy (non-hydrogen) atoms. The number of nitrogens with zero attached hydrogens (tertiary/aromatic N) is 2. The number of piperazine rings is 1. The maximum absolute atomic E-state index is 13.8. The Bertz CT molecular complexity index is 1060. The summed E-state index contributed by atoms with van der Waals surface area (Å²) in [5, 5.41) is 17.0. The topological polar surface area (TPSA) is 84.9 Å². The summed E-state index contributed by atoms with van der Waals surface area (Å²) in [6, 6.07) is 10.5. The molecule has 2 aromatic rings. The van der Waals surface area contributed by atoms with Crippen molar-refractivity contribution in [3.8, 4) is 0 Å². The van der Waals surface area contributed by atoms with Crippen molar-refractivity contribution < 1.29 is 23.5 Å². The van der Waals surface area contributed by atoms with Gasteiger partial charge in [-0.2, -0.15) is 0 Å². The van der Waals surface area contributed by atoms with Crippen molar-refractivity contribution in [1.82, 2.24) is 20.4 Å². The van der Waals surface area contributed by atoms with Crippen LogP contribution in [-0.4, -0.2) is 78.1 Å². The Kier molecular flexibility index (Phi) is 16.3. The molecule has 0 aliphatic carbocycles. The molecule has 2 amide bonds. The van der Waals surface area contributed by atoms with Gasteiger partial charge in [-0.1, -0.05) is 44.5 Å². The number of aliphatic hydroxyl groups is 1. The van der Waals surface area contributed by atoms with Crippen molar-refractivity contribution in [1.29, 1.82) is 0 Å². The summed E-state index contributed by atoms with van der Waals surface area (Å²) in [4.78, 5) is 29.0. The zero-order chi connectivity index (χ0) is 27.5. The van der Waals surface area contributed by atoms with Crippen LogP contribution in [0.5, 0.6) is 0 Å². The Morgan fingerprint density at radius 1 is 1.02 bits per heavy atom. The van der Waals surface area contributed by atoms with Crippen LogP contribution in [0.4, 0.5) is 8.78 Å². The number of benzene rings is 2. The molecular weight excluding hydrogens is 561 g/mol. The first-order valence-electron chi connectivity index (χ1n) is 13.5. The van der Waals surface area contributed by atoms with Gasteiger partial charge in [0.1, 0.15) is 11.6 Å². The standard InChI is InChI=1S/C29H40F2N4O3.2ClH/c1-3-5-9-35-11-10-34(20-29(35)38)19-28(37)33-26(15-23-13-24(30)16-25(31)14-23)27(36)18-32-17-22-8-6-7-21(4-2)12-22;;/h6-8,12-14,16,26-27,32,36H,3-5,9-11,15,17-20H2,1-2H3,(H,33,37);2*1H/t26-,27+;;/m0../s1. The SMILES string of the molecule is CCCCN1CCN(CC(=O)N[C@@H](Cc2cc(F)cc(F)c2)[C@H](O)CNCc2cccc(CC)c2)CC1=O.Cl.Cl. The summed E-state index contributed by atoms with van der Waals surface area (Å²) in [6.07, 6.45) is 1.93. The first kappa shape index (κ1) is 35.7. The van der Waals surface area contributed by atoms with Crippen molar-refractivity contribution in [3.63, 3.8) is 0 Å². The first-order valence-corrected chi connectivity index (χ1v) is 13.5. The maximum atomic E-state index is 13.8. The fourth-order valence-corrected chi connectivity index (χ4v) is 4.67. The third-order valence-electron chi connectivity index (χ3n) is 6.82. The van der Waals surface area contributed by atoms with E-state index in [1.807, 2.05) is 17.0 Å². The van der Waals surface area contributed by atoms with Crippen LogP contribution in [0.15, 0.2) is 42.5 Å². The lowest BCUT2D eigenvalue weighted by molar-refractivity contribution is -0.137. The predicted octanol–water partition coefficient (Wildman–Crippen LogP) is 3.49. The Hall–Kier alpha value is -2.30. The Labute approximate surface area is 248 Å². The van der Waals surface area contributed by atoms with Gasteiger partial charge in [-0.3, -0.25) is 14.5 Å². The number of aliphatic hydroxyl groups excluding tert-OH is 1. The highest BCUT2D eigenvalue weighted by atomic mass is 35.5. The second-order valence-corrected chi connectivity index (χ2v) is 9.97. The molecule has 7 nitrogen and oxygen atoms in total. The minimum Gasteiger partial charge on any atom is -0.390 e. The lowest BCUT2D eigenvalue weighted by Gasteiger charge is -2.34. The molecule has 0 spiro atoms. The lowest BCUT2D eigenvalue weighted by Crippen LogP contribution is -2.55. The zero-order valence-corrected chi connectivity index (χ0v) is 24.8. The van der Waals surface area contributed by atoms with Crippen molar-refractivity contribution >= 4 is 36.6 Å². The van der Waals surface area contributed by atoms with E-state index >= 15 is 0 Å². The highest BCUT2D eigenvalue weighted by molar-refractivity contribution is 5.85. The molecule has 0 aromatic heterocycles. The van der Waals surface area contributed by atoms with Gasteiger partial charge < -0.3 is 20.6 Å². The van der Waals surface area contributed by atoms with Crippen molar-refractivity contribution in [2.24, 2.45) is 0 Å². The predicted molar refractivity (Wildman–Crippen MR) is 158 cm³/mol. The second kappa shape index (κ2) is 18.2. The van der Waals surface area contributed by atoms with E-state index in [2.05, 4.69) is 36.6 Å². The van der Waals surface area contributed by atoms with Crippen LogP contribution in [0.1, 0.15) is 43.4 Å². The van der Waals surface area contributed by atoms with Crippen LogP contribution in [0.25, 0.3) is 0 Å². The number of aryl methyl sites for hydroxylation is 1. The van der Waals surface area contributed by atoms with Gasteiger partial charge in [0, 0.05) is 38.8 Å². The number of hydrogen-bond donors (Lipinski definition) is 3. The van der Waals surface area contributed by atoms with Gasteiger partial charge in [0.2, 0.25) is 11.8 Å². The number of halogens is 4. The average molecular weight is 604 g/mol. The van der Waals surface area contributed by atoms with Crippen molar-refractivity contribution in [3.05, 3.63) is 70.8 Å². The third-order valence-corrected chi connectivity index (χ3v) is 6.82. The smallest absolute Gasteiger partial charge is 0.236 e. The summed E-state index contributed by atoms with van der Waals surface area (Å²) < 4.78 is 27.6. The first-order chi connectivity index (χ1) is 18.3. The largest absolute Gasteiger partial charge is 0.390 e. The minimum atomic E-state index is -1.01. The van der Waals surface area contributed by atoms with Crippen LogP contribution in [0.2, 0.25) is 0 Å². The van der Waals surface area contributed by atoms with Crippen LogP contribution in [0.3, 0.4) is 0 Å². The number of rotatable bonds is 14. The van der Waals surface area contributed by atoms with Gasteiger partial charge >= 0.3 is 0 Å². The van der Waals surface area contributed by atoms with E-state index in [1.54, 1.807) is 4.90 Å². The molecular formula is C29H42Cl2F2N4O3. The molecule has 0 radical (unpaired) electrons. The summed E-state index contributed by atoms with van der Waals surface area (Å²) in [5.74, 6) is -1.78. The molecule has 0 saturated carbocycles. The molecule has 11 heteroatoms. The molecule has 2 aromatic carbocycles. The monoisotopic (exact) mass is 602 g/mol. The number of nitrogens with one attached hydrogen (secondary N) is 2. The molecule has 1 saturated heterocycles. The van der Waals surface area contributed by atoms with Crippen LogP contribution in [0, 0.1) is 11.6 Å². The highest BCUT2D eigenvalue weighted by Crippen LogP contribution is 2.13. The molecule has 1 aliphatic rings. The van der Waals surface area contributed by atoms with Gasteiger partial charge in [0.05, 0.1) is 25.2 Å². The second-order valence-electron chi connectivity index (χ2n) is 9.97. The average Bonchev–Trinajstić information content (AvgIpc) is 2.87. The molecule has 1 heterocycles. The molecule has 3 N–H and O–H groups in total. The maximum Gasteiger partial charge on any atom is 0.236 e. The number of hydrogen-bond acceptors (Lipinski definition) is 5. The van der Waals surface area contributed by atoms with E-state index in [0.29, 0.717) is 25.2 Å². The molecule has 2 atom stereocenters. The molecule has 1 fully saturated rings. The minimum absolute atomic E-state index is 0. The number of unbranched alkanes of at least 4 members (excludes halogenated alkanes) is 1. The van der Waals surface area contributed by atoms with E-state index in [1.165, 1.54) is 17.7 Å². The quantitative estimate of drug-likeness (QED) is 0.308. The number of carbonyl (C=O) groups excluding carboxylic acids is 2. The lowest BCUT2D eigenvalue weighted by atomic mass is 10.0. The summed E-state index contributed by atoms with van der Waals surface area (Å²) in [7, 11) is 0. The van der Waals surface area contributed by atoms with Crippen LogP contribution >= 0.6 is 24.8 Å². The van der Waals surface area contributed by atoms with Crippen molar-refractivity contribution in [2.75, 3.05) is 39.3 Å². The van der Waals surface area contributed by atoms with E-state index < -0.39 is 23.8 Å². The van der Waals surface area contributed by atoms with Gasteiger partial charge in [-0.05, 0) is 48.1 Å². The molecule has 0 unspecified atom stereocenters. The van der Waals surface area contributed by atoms with Gasteiger partial charge in [0.25, 0.3) is 0 Å². The van der Waals surface area contributed by atoms with Gasteiger partial charge in [-0.15, -0.1) is 24.8 Å². The fourth-order valence-electron chi connectivity index (χ4n) is 4.67. The van der Waals surface area contributed by atoms with Crippen molar-refractivity contribution in [2.45, 2.75) is 58.2 Å². The summed E-state index contributed by atoms with van der Waals surface area (Å²) in [5.41, 5.74) is 2.63. The van der Waals surface area contributed by atoms with Crippen LogP contribution in [-0.2, 0) is 29.0 Å². The number of carbonyl (C=O) groups is 2. The Morgan fingerprint density at radius 3 is 2.38 bits per heavy atom. The summed E-state index contributed by atoms with van der Waals surface area (Å²) in [6.45, 7) is 6.92. The van der Waals surface area contributed by atoms with E-state index in [-0.39, 0.29) is 62.7 Å². The van der Waals surface area contributed by atoms with E-state index in [4.69, 9.17) is 0 Å². The van der Waals surface area contributed by atoms with Gasteiger partial charge in [0.15, 0.2) is 0 Å².